The van der Waals surface area contributed by atoms with Gasteiger partial charge in [0.25, 0.3) is 0 Å². The van der Waals surface area contributed by atoms with E-state index in [2.05, 4.69) is 6.07 Å². The number of carbonyl (C=O) groups is 1. The van der Waals surface area contributed by atoms with Crippen molar-refractivity contribution in [1.82, 2.24) is 0 Å². The molecule has 0 heterocycles. The molecule has 1 aromatic rings. The highest BCUT2D eigenvalue weighted by atomic mass is 16.4. The molecule has 0 saturated heterocycles. The Morgan fingerprint density at radius 1 is 1.19 bits per heavy atom. The van der Waals surface area contributed by atoms with Gasteiger partial charge in [0.2, 0.25) is 0 Å². The van der Waals surface area contributed by atoms with Crippen molar-refractivity contribution in [2.45, 2.75) is 27.7 Å². The summed E-state index contributed by atoms with van der Waals surface area (Å²) in [6.45, 7) is 8.06. The van der Waals surface area contributed by atoms with Gasteiger partial charge in [-0.3, -0.25) is 0 Å². The van der Waals surface area contributed by atoms with Crippen LogP contribution < -0.4 is 0 Å². The third-order valence-corrected chi connectivity index (χ3v) is 2.46. The molecule has 86 valence electrons. The van der Waals surface area contributed by atoms with Crippen LogP contribution in [0.1, 0.15) is 30.5 Å². The molecule has 0 fully saturated rings. The highest BCUT2D eigenvalue weighted by Gasteiger charge is 2.09. The van der Waals surface area contributed by atoms with Crippen LogP contribution >= 0.6 is 0 Å². The van der Waals surface area contributed by atoms with E-state index in [-0.39, 0.29) is 5.92 Å². The fourth-order valence-corrected chi connectivity index (χ4v) is 1.86. The van der Waals surface area contributed by atoms with Gasteiger partial charge >= 0.3 is 5.97 Å². The molecule has 0 saturated carbocycles. The number of carboxylic acids is 1. The zero-order chi connectivity index (χ0) is 12.3. The van der Waals surface area contributed by atoms with E-state index in [9.17, 15) is 4.79 Å². The SMILES string of the molecule is Cc1cc(C)cc(/C(=C/C(=O)O)C(C)C)c1. The lowest BCUT2D eigenvalue weighted by molar-refractivity contribution is -0.131. The first-order chi connectivity index (χ1) is 7.40. The zero-order valence-electron chi connectivity index (χ0n) is 10.2. The van der Waals surface area contributed by atoms with Crippen LogP contribution in [0, 0.1) is 19.8 Å². The quantitative estimate of drug-likeness (QED) is 0.789. The normalized spacial score (nSPS) is 11.9. The van der Waals surface area contributed by atoms with Gasteiger partial charge in [-0.2, -0.15) is 0 Å². The van der Waals surface area contributed by atoms with Gasteiger partial charge in [-0.1, -0.05) is 43.2 Å². The van der Waals surface area contributed by atoms with E-state index in [1.807, 2.05) is 39.8 Å². The number of carboxylic acid groups (broad SMARTS) is 1. The first-order valence-electron chi connectivity index (χ1n) is 5.43. The molecule has 2 nitrogen and oxygen atoms in total. The van der Waals surface area contributed by atoms with Crippen LogP contribution in [-0.4, -0.2) is 11.1 Å². The van der Waals surface area contributed by atoms with Crippen molar-refractivity contribution in [3.05, 3.63) is 41.0 Å². The third kappa shape index (κ3) is 3.23. The molecular weight excluding hydrogens is 200 g/mol. The van der Waals surface area contributed by atoms with E-state index in [4.69, 9.17) is 5.11 Å². The number of allylic oxidation sites excluding steroid dienone is 1. The van der Waals surface area contributed by atoms with Gasteiger partial charge in [-0.05, 0) is 30.9 Å². The maximum absolute atomic E-state index is 10.8. The standard InChI is InChI=1S/C14H18O2/c1-9(2)13(8-14(15)16)12-6-10(3)5-11(4)7-12/h5-9H,1-4H3,(H,15,16)/b13-8+. The number of aliphatic carboxylic acids is 1. The van der Waals surface area contributed by atoms with Gasteiger partial charge in [-0.25, -0.2) is 4.79 Å². The molecule has 16 heavy (non-hydrogen) atoms. The Kier molecular flexibility index (Phi) is 3.88. The van der Waals surface area contributed by atoms with Crippen LogP contribution in [-0.2, 0) is 4.79 Å². The summed E-state index contributed by atoms with van der Waals surface area (Å²) in [7, 11) is 0. The molecule has 0 aliphatic carbocycles. The summed E-state index contributed by atoms with van der Waals surface area (Å²) in [6, 6.07) is 6.14. The second kappa shape index (κ2) is 4.97. The Morgan fingerprint density at radius 3 is 2.06 bits per heavy atom. The first kappa shape index (κ1) is 12.5. The van der Waals surface area contributed by atoms with Crippen molar-refractivity contribution in [3.63, 3.8) is 0 Å². The van der Waals surface area contributed by atoms with Gasteiger partial charge < -0.3 is 5.11 Å². The van der Waals surface area contributed by atoms with Crippen LogP contribution in [0.4, 0.5) is 0 Å². The van der Waals surface area contributed by atoms with Crippen molar-refractivity contribution >= 4 is 11.5 Å². The van der Waals surface area contributed by atoms with Gasteiger partial charge in [0, 0.05) is 6.08 Å². The summed E-state index contributed by atoms with van der Waals surface area (Å²) in [4.78, 5) is 10.8. The van der Waals surface area contributed by atoms with Crippen molar-refractivity contribution in [2.24, 2.45) is 5.92 Å². The largest absolute Gasteiger partial charge is 0.478 e. The summed E-state index contributed by atoms with van der Waals surface area (Å²) in [5.41, 5.74) is 4.20. The lowest BCUT2D eigenvalue weighted by atomic mass is 9.92. The smallest absolute Gasteiger partial charge is 0.328 e. The third-order valence-electron chi connectivity index (χ3n) is 2.46. The van der Waals surface area contributed by atoms with Crippen LogP contribution in [0.3, 0.4) is 0 Å². The lowest BCUT2D eigenvalue weighted by Gasteiger charge is -2.12. The van der Waals surface area contributed by atoms with Crippen molar-refractivity contribution < 1.29 is 9.90 Å². The summed E-state index contributed by atoms with van der Waals surface area (Å²) in [6.07, 6.45) is 1.30. The fourth-order valence-electron chi connectivity index (χ4n) is 1.86. The van der Waals surface area contributed by atoms with Crippen molar-refractivity contribution in [3.8, 4) is 0 Å². The molecule has 0 spiro atoms. The average Bonchev–Trinajstić information content (AvgIpc) is 2.11. The molecule has 1 N–H and O–H groups in total. The second-order valence-electron chi connectivity index (χ2n) is 4.47. The Morgan fingerprint density at radius 2 is 1.69 bits per heavy atom. The molecule has 0 aromatic heterocycles. The van der Waals surface area contributed by atoms with Crippen LogP contribution in [0.5, 0.6) is 0 Å². The van der Waals surface area contributed by atoms with E-state index in [1.165, 1.54) is 6.08 Å². The van der Waals surface area contributed by atoms with Gasteiger partial charge in [0.15, 0.2) is 0 Å². The Labute approximate surface area is 96.6 Å². The molecule has 0 bridgehead atoms. The van der Waals surface area contributed by atoms with Crippen molar-refractivity contribution in [1.29, 1.82) is 0 Å². The van der Waals surface area contributed by atoms with Crippen molar-refractivity contribution in [2.75, 3.05) is 0 Å². The number of aryl methyl sites for hydroxylation is 2. The molecule has 0 unspecified atom stereocenters. The minimum atomic E-state index is -0.886. The second-order valence-corrected chi connectivity index (χ2v) is 4.47. The van der Waals surface area contributed by atoms with E-state index in [0.29, 0.717) is 0 Å². The van der Waals surface area contributed by atoms with Crippen LogP contribution in [0.15, 0.2) is 24.3 Å². The Balaban J connectivity index is 3.26. The summed E-state index contributed by atoms with van der Waals surface area (Å²) >= 11 is 0. The van der Waals surface area contributed by atoms with Gasteiger partial charge in [0.1, 0.15) is 0 Å². The van der Waals surface area contributed by atoms with Gasteiger partial charge in [-0.15, -0.1) is 0 Å². The molecule has 0 atom stereocenters. The molecule has 0 amide bonds. The van der Waals surface area contributed by atoms with E-state index in [1.54, 1.807) is 0 Å². The number of rotatable bonds is 3. The average molecular weight is 218 g/mol. The number of hydrogen-bond donors (Lipinski definition) is 1. The molecule has 1 aromatic carbocycles. The van der Waals surface area contributed by atoms with Crippen LogP contribution in [0.2, 0.25) is 0 Å². The lowest BCUT2D eigenvalue weighted by Crippen LogP contribution is -1.99. The molecular formula is C14H18O2. The maximum atomic E-state index is 10.8. The first-order valence-corrected chi connectivity index (χ1v) is 5.43. The van der Waals surface area contributed by atoms with E-state index in [0.717, 1.165) is 22.3 Å². The highest BCUT2D eigenvalue weighted by molar-refractivity contribution is 5.90. The zero-order valence-corrected chi connectivity index (χ0v) is 10.2. The predicted octanol–water partition coefficient (Wildman–Crippen LogP) is 3.43. The summed E-state index contributed by atoms with van der Waals surface area (Å²) < 4.78 is 0. The topological polar surface area (TPSA) is 37.3 Å². The fraction of sp³-hybridized carbons (Fsp3) is 0.357. The van der Waals surface area contributed by atoms with E-state index >= 15 is 0 Å². The molecule has 0 radical (unpaired) electrons. The number of benzene rings is 1. The molecule has 2 heteroatoms. The Hall–Kier alpha value is -1.57. The van der Waals surface area contributed by atoms with Crippen LogP contribution in [0.25, 0.3) is 5.57 Å². The highest BCUT2D eigenvalue weighted by Crippen LogP contribution is 2.24. The minimum absolute atomic E-state index is 0.206. The summed E-state index contributed by atoms with van der Waals surface area (Å²) in [5, 5.41) is 8.86. The van der Waals surface area contributed by atoms with E-state index < -0.39 is 5.97 Å². The predicted molar refractivity (Wildman–Crippen MR) is 66.4 cm³/mol. The monoisotopic (exact) mass is 218 g/mol. The number of hydrogen-bond acceptors (Lipinski definition) is 1. The summed E-state index contributed by atoms with van der Waals surface area (Å²) in [5.74, 6) is -0.680. The van der Waals surface area contributed by atoms with Gasteiger partial charge in [0.05, 0.1) is 0 Å². The minimum Gasteiger partial charge on any atom is -0.478 e. The molecule has 0 aliphatic rings. The maximum Gasteiger partial charge on any atom is 0.328 e. The molecule has 1 rings (SSSR count). The Bertz CT molecular complexity index is 408. The molecule has 0 aliphatic heterocycles.